The number of rotatable bonds is 14. The van der Waals surface area contributed by atoms with Crippen LogP contribution in [-0.2, 0) is 18.0 Å². The van der Waals surface area contributed by atoms with Gasteiger partial charge < -0.3 is 18.0 Å². The SMILES string of the molecule is CO[Si](CCCCCCCCCCOC(C)=S)(OC)OC. The molecule has 0 unspecified atom stereocenters. The summed E-state index contributed by atoms with van der Waals surface area (Å²) in [6, 6.07) is 0.908. The molecule has 0 fully saturated rings. The molecule has 0 N–H and O–H groups in total. The average molecular weight is 337 g/mol. The number of thiocarbonyl (C=S) groups is 1. The van der Waals surface area contributed by atoms with Gasteiger partial charge in [-0.15, -0.1) is 0 Å². The van der Waals surface area contributed by atoms with Crippen LogP contribution in [0.2, 0.25) is 6.04 Å². The van der Waals surface area contributed by atoms with Crippen molar-refractivity contribution in [1.82, 2.24) is 0 Å². The second-order valence-corrected chi connectivity index (χ2v) is 8.88. The molecule has 0 saturated carbocycles. The van der Waals surface area contributed by atoms with Gasteiger partial charge in [-0.1, -0.05) is 38.5 Å². The minimum atomic E-state index is -2.34. The normalized spacial score (nSPS) is 11.6. The van der Waals surface area contributed by atoms with Crippen molar-refractivity contribution in [2.24, 2.45) is 0 Å². The van der Waals surface area contributed by atoms with Gasteiger partial charge in [-0.25, -0.2) is 0 Å². The summed E-state index contributed by atoms with van der Waals surface area (Å²) in [7, 11) is 2.68. The van der Waals surface area contributed by atoms with Gasteiger partial charge in [0.25, 0.3) is 0 Å². The molecule has 0 aliphatic carbocycles. The minimum absolute atomic E-state index is 0.651. The highest BCUT2D eigenvalue weighted by Crippen LogP contribution is 2.18. The Morgan fingerprint density at radius 3 is 1.62 bits per heavy atom. The maximum absolute atomic E-state index is 5.41. The average Bonchev–Trinajstić information content (AvgIpc) is 2.49. The standard InChI is InChI=1S/C15H32O4SSi/c1-15(20)19-13-11-9-7-5-6-8-10-12-14-21(16-2,17-3)18-4/h5-14H2,1-4H3. The smallest absolute Gasteiger partial charge is 0.487 e. The van der Waals surface area contributed by atoms with Crippen molar-refractivity contribution in [1.29, 1.82) is 0 Å². The molecule has 0 aromatic heterocycles. The molecule has 126 valence electrons. The van der Waals surface area contributed by atoms with E-state index < -0.39 is 8.80 Å². The zero-order valence-corrected chi connectivity index (χ0v) is 15.9. The Labute approximate surface area is 136 Å². The van der Waals surface area contributed by atoms with E-state index in [-0.39, 0.29) is 0 Å². The summed E-state index contributed by atoms with van der Waals surface area (Å²) < 4.78 is 21.5. The predicted molar refractivity (Wildman–Crippen MR) is 92.7 cm³/mol. The predicted octanol–water partition coefficient (Wildman–Crippen LogP) is 4.35. The van der Waals surface area contributed by atoms with Gasteiger partial charge in [0.05, 0.1) is 6.61 Å². The Hall–Kier alpha value is -0.0131. The summed E-state index contributed by atoms with van der Waals surface area (Å²) >= 11 is 4.86. The summed E-state index contributed by atoms with van der Waals surface area (Å²) in [6.45, 7) is 2.59. The zero-order chi connectivity index (χ0) is 16.0. The first-order chi connectivity index (χ1) is 10.1. The fraction of sp³-hybridized carbons (Fsp3) is 0.933. The van der Waals surface area contributed by atoms with E-state index in [4.69, 9.17) is 30.2 Å². The molecule has 4 nitrogen and oxygen atoms in total. The molecule has 0 atom stereocenters. The van der Waals surface area contributed by atoms with E-state index in [9.17, 15) is 0 Å². The van der Waals surface area contributed by atoms with E-state index in [0.717, 1.165) is 25.5 Å². The van der Waals surface area contributed by atoms with Gasteiger partial charge in [0.2, 0.25) is 0 Å². The van der Waals surface area contributed by atoms with Crippen LogP contribution in [0.4, 0.5) is 0 Å². The first kappa shape index (κ1) is 21.0. The maximum atomic E-state index is 5.41. The molecular weight excluding hydrogens is 304 g/mol. The Morgan fingerprint density at radius 2 is 1.19 bits per heavy atom. The van der Waals surface area contributed by atoms with Gasteiger partial charge in [0.15, 0.2) is 5.05 Å². The first-order valence-corrected chi connectivity index (χ1v) is 10.2. The molecule has 0 amide bonds. The highest BCUT2D eigenvalue weighted by atomic mass is 32.1. The highest BCUT2D eigenvalue weighted by molar-refractivity contribution is 7.80. The van der Waals surface area contributed by atoms with Crippen LogP contribution in [0.25, 0.3) is 0 Å². The summed E-state index contributed by atoms with van der Waals surface area (Å²) in [5.74, 6) is 0. The van der Waals surface area contributed by atoms with Crippen molar-refractivity contribution in [3.8, 4) is 0 Å². The van der Waals surface area contributed by atoms with Crippen molar-refractivity contribution in [3.05, 3.63) is 0 Å². The van der Waals surface area contributed by atoms with Crippen LogP contribution < -0.4 is 0 Å². The lowest BCUT2D eigenvalue weighted by Crippen LogP contribution is -2.42. The molecule has 0 heterocycles. The van der Waals surface area contributed by atoms with Crippen LogP contribution in [0, 0.1) is 0 Å². The fourth-order valence-corrected chi connectivity index (χ4v) is 4.16. The van der Waals surface area contributed by atoms with Gasteiger partial charge in [0, 0.05) is 34.3 Å². The molecule has 0 spiro atoms. The molecule has 0 rings (SSSR count). The minimum Gasteiger partial charge on any atom is -0.487 e. The lowest BCUT2D eigenvalue weighted by Gasteiger charge is -2.24. The number of unbranched alkanes of at least 4 members (excludes halogenated alkanes) is 7. The fourth-order valence-electron chi connectivity index (χ4n) is 2.28. The molecule has 0 aliphatic heterocycles. The lowest BCUT2D eigenvalue weighted by molar-refractivity contribution is 0.122. The third-order valence-corrected chi connectivity index (χ3v) is 6.57. The van der Waals surface area contributed by atoms with Gasteiger partial charge in [-0.3, -0.25) is 0 Å². The van der Waals surface area contributed by atoms with E-state index in [2.05, 4.69) is 0 Å². The third kappa shape index (κ3) is 11.2. The summed E-state index contributed by atoms with van der Waals surface area (Å²) in [6.07, 6.45) is 9.84. The molecule has 0 aliphatic rings. The van der Waals surface area contributed by atoms with E-state index in [0.29, 0.717) is 5.05 Å². The molecule has 21 heavy (non-hydrogen) atoms. The van der Waals surface area contributed by atoms with Crippen LogP contribution >= 0.6 is 12.2 Å². The summed E-state index contributed by atoms with van der Waals surface area (Å²) in [5.41, 5.74) is 0. The highest BCUT2D eigenvalue weighted by Gasteiger charge is 2.36. The van der Waals surface area contributed by atoms with Gasteiger partial charge in [0.1, 0.15) is 0 Å². The third-order valence-electron chi connectivity index (χ3n) is 3.62. The van der Waals surface area contributed by atoms with E-state index in [1.54, 1.807) is 21.3 Å². The van der Waals surface area contributed by atoms with E-state index in [1.165, 1.54) is 38.5 Å². The molecule has 0 radical (unpaired) electrons. The second kappa shape index (κ2) is 13.6. The maximum Gasteiger partial charge on any atom is 0.500 e. The van der Waals surface area contributed by atoms with Crippen LogP contribution in [0.1, 0.15) is 58.3 Å². The van der Waals surface area contributed by atoms with Crippen LogP contribution in [0.3, 0.4) is 0 Å². The molecule has 6 heteroatoms. The Morgan fingerprint density at radius 1 is 0.762 bits per heavy atom. The van der Waals surface area contributed by atoms with Gasteiger partial charge >= 0.3 is 8.80 Å². The van der Waals surface area contributed by atoms with E-state index >= 15 is 0 Å². The van der Waals surface area contributed by atoms with Crippen molar-refractivity contribution in [2.75, 3.05) is 27.9 Å². The Balaban J connectivity index is 3.34. The number of ether oxygens (including phenoxy) is 1. The van der Waals surface area contributed by atoms with Crippen molar-refractivity contribution in [3.63, 3.8) is 0 Å². The number of hydrogen-bond donors (Lipinski definition) is 0. The van der Waals surface area contributed by atoms with Crippen LogP contribution in [0.5, 0.6) is 0 Å². The quantitative estimate of drug-likeness (QED) is 0.268. The zero-order valence-electron chi connectivity index (χ0n) is 14.1. The number of hydrogen-bond acceptors (Lipinski definition) is 5. The molecule has 0 aromatic rings. The molecule has 0 saturated heterocycles. The van der Waals surface area contributed by atoms with Crippen LogP contribution in [-0.4, -0.2) is 41.8 Å². The van der Waals surface area contributed by atoms with Crippen molar-refractivity contribution < 1.29 is 18.0 Å². The summed E-state index contributed by atoms with van der Waals surface area (Å²) in [4.78, 5) is 0. The monoisotopic (exact) mass is 336 g/mol. The first-order valence-electron chi connectivity index (χ1n) is 7.89. The van der Waals surface area contributed by atoms with Gasteiger partial charge in [-0.05, 0) is 25.1 Å². The topological polar surface area (TPSA) is 36.9 Å². The van der Waals surface area contributed by atoms with Gasteiger partial charge in [-0.2, -0.15) is 0 Å². The second-order valence-electron chi connectivity index (χ2n) is 5.21. The summed E-state index contributed by atoms with van der Waals surface area (Å²) in [5, 5.41) is 0.651. The van der Waals surface area contributed by atoms with Crippen molar-refractivity contribution in [2.45, 2.75) is 64.3 Å². The molecule has 0 bridgehead atoms. The largest absolute Gasteiger partial charge is 0.500 e. The lowest BCUT2D eigenvalue weighted by atomic mass is 10.1. The Kier molecular flexibility index (Phi) is 13.6. The van der Waals surface area contributed by atoms with Crippen LogP contribution in [0.15, 0.2) is 0 Å². The van der Waals surface area contributed by atoms with Crippen molar-refractivity contribution >= 4 is 26.1 Å². The Bertz CT molecular complexity index is 252. The molecular formula is C15H32O4SSi. The molecule has 0 aromatic carbocycles. The van der Waals surface area contributed by atoms with E-state index in [1.807, 2.05) is 6.92 Å².